The lowest BCUT2D eigenvalue weighted by molar-refractivity contribution is -0.142. The largest absolute Gasteiger partial charge is 0.417 e. The standard InChI is InChI=1S/C17H11F6N3/c1-9-24-15(26-25-9)11-4-2-3-10(7-11)13-6-5-12(16(18,19)20)8-14(13)17(21,22)23/h2-8H,1H3,(H,24,25,26). The summed E-state index contributed by atoms with van der Waals surface area (Å²) in [6.07, 6.45) is -9.80. The third-order valence-corrected chi connectivity index (χ3v) is 3.68. The van der Waals surface area contributed by atoms with Crippen LogP contribution in [0.15, 0.2) is 42.5 Å². The van der Waals surface area contributed by atoms with Crippen molar-refractivity contribution in [1.29, 1.82) is 0 Å². The average molecular weight is 371 g/mol. The van der Waals surface area contributed by atoms with Crippen LogP contribution in [0.25, 0.3) is 22.5 Å². The fourth-order valence-corrected chi connectivity index (χ4v) is 2.50. The molecule has 136 valence electrons. The molecule has 3 rings (SSSR count). The van der Waals surface area contributed by atoms with Gasteiger partial charge in [-0.05, 0) is 36.2 Å². The summed E-state index contributed by atoms with van der Waals surface area (Å²) in [7, 11) is 0. The Kier molecular flexibility index (Phi) is 4.25. The number of nitrogens with zero attached hydrogens (tertiary/aromatic N) is 2. The number of aromatic amines is 1. The van der Waals surface area contributed by atoms with Gasteiger partial charge in [-0.2, -0.15) is 31.4 Å². The van der Waals surface area contributed by atoms with Gasteiger partial charge < -0.3 is 0 Å². The van der Waals surface area contributed by atoms with Crippen LogP contribution >= 0.6 is 0 Å². The zero-order valence-electron chi connectivity index (χ0n) is 13.2. The van der Waals surface area contributed by atoms with Crippen molar-refractivity contribution in [3.8, 4) is 22.5 Å². The zero-order chi connectivity index (χ0) is 19.1. The fourth-order valence-electron chi connectivity index (χ4n) is 2.50. The van der Waals surface area contributed by atoms with Gasteiger partial charge in [-0.25, -0.2) is 4.98 Å². The minimum atomic E-state index is -4.94. The van der Waals surface area contributed by atoms with E-state index in [1.807, 2.05) is 0 Å². The molecule has 0 amide bonds. The Morgan fingerprint density at radius 3 is 2.12 bits per heavy atom. The summed E-state index contributed by atoms with van der Waals surface area (Å²) in [5.74, 6) is 0.806. The second kappa shape index (κ2) is 6.15. The Bertz CT molecular complexity index is 940. The first kappa shape index (κ1) is 18.0. The predicted octanol–water partition coefficient (Wildman–Crippen LogP) is 5.48. The summed E-state index contributed by atoms with van der Waals surface area (Å²) >= 11 is 0. The van der Waals surface area contributed by atoms with E-state index in [0.717, 1.165) is 6.07 Å². The molecule has 9 heteroatoms. The van der Waals surface area contributed by atoms with Gasteiger partial charge in [-0.1, -0.05) is 24.3 Å². The normalized spacial score (nSPS) is 12.4. The van der Waals surface area contributed by atoms with Crippen LogP contribution in [-0.4, -0.2) is 15.2 Å². The van der Waals surface area contributed by atoms with Gasteiger partial charge in [0, 0.05) is 5.56 Å². The minimum Gasteiger partial charge on any atom is -0.263 e. The number of hydrogen-bond acceptors (Lipinski definition) is 2. The van der Waals surface area contributed by atoms with Gasteiger partial charge in [0.25, 0.3) is 0 Å². The molecule has 0 spiro atoms. The van der Waals surface area contributed by atoms with Crippen LogP contribution in [0, 0.1) is 6.92 Å². The van der Waals surface area contributed by atoms with Crippen molar-refractivity contribution in [2.45, 2.75) is 19.3 Å². The van der Waals surface area contributed by atoms with Crippen molar-refractivity contribution in [2.75, 3.05) is 0 Å². The van der Waals surface area contributed by atoms with E-state index in [1.54, 1.807) is 13.0 Å². The number of halogens is 6. The lowest BCUT2D eigenvalue weighted by Gasteiger charge is -2.16. The van der Waals surface area contributed by atoms with Crippen LogP contribution in [0.3, 0.4) is 0 Å². The number of rotatable bonds is 2. The second-order valence-electron chi connectivity index (χ2n) is 5.58. The Hall–Kier alpha value is -2.84. The quantitative estimate of drug-likeness (QED) is 0.606. The summed E-state index contributed by atoms with van der Waals surface area (Å²) in [5, 5.41) is 6.55. The molecule has 1 N–H and O–H groups in total. The smallest absolute Gasteiger partial charge is 0.263 e. The van der Waals surface area contributed by atoms with E-state index in [0.29, 0.717) is 17.5 Å². The van der Waals surface area contributed by atoms with Crippen LogP contribution in [0.4, 0.5) is 26.3 Å². The van der Waals surface area contributed by atoms with Crippen LogP contribution < -0.4 is 0 Å². The van der Waals surface area contributed by atoms with Crippen molar-refractivity contribution in [3.63, 3.8) is 0 Å². The summed E-state index contributed by atoms with van der Waals surface area (Å²) in [4.78, 5) is 4.10. The van der Waals surface area contributed by atoms with Gasteiger partial charge in [0.05, 0.1) is 11.1 Å². The van der Waals surface area contributed by atoms with E-state index in [1.165, 1.54) is 18.2 Å². The molecule has 0 fully saturated rings. The van der Waals surface area contributed by atoms with Crippen molar-refractivity contribution < 1.29 is 26.3 Å². The SMILES string of the molecule is Cc1nc(-c2cccc(-c3ccc(C(F)(F)F)cc3C(F)(F)F)c2)n[nH]1. The second-order valence-corrected chi connectivity index (χ2v) is 5.58. The number of alkyl halides is 6. The molecular formula is C17H11F6N3. The van der Waals surface area contributed by atoms with Crippen LogP contribution in [-0.2, 0) is 12.4 Å². The summed E-state index contributed by atoms with van der Waals surface area (Å²) < 4.78 is 78.4. The van der Waals surface area contributed by atoms with Gasteiger partial charge in [-0.15, -0.1) is 0 Å². The number of benzene rings is 2. The maximum absolute atomic E-state index is 13.3. The van der Waals surface area contributed by atoms with Crippen LogP contribution in [0.1, 0.15) is 17.0 Å². The highest BCUT2D eigenvalue weighted by Gasteiger charge is 2.38. The monoisotopic (exact) mass is 371 g/mol. The molecule has 1 heterocycles. The Morgan fingerprint density at radius 1 is 0.846 bits per heavy atom. The van der Waals surface area contributed by atoms with Crippen molar-refractivity contribution in [1.82, 2.24) is 15.2 Å². The summed E-state index contributed by atoms with van der Waals surface area (Å²) in [5.41, 5.74) is -2.49. The first-order chi connectivity index (χ1) is 12.1. The Balaban J connectivity index is 2.15. The maximum Gasteiger partial charge on any atom is 0.417 e. The van der Waals surface area contributed by atoms with Gasteiger partial charge in [0.2, 0.25) is 0 Å². The molecule has 3 nitrogen and oxygen atoms in total. The molecule has 3 aromatic rings. The summed E-state index contributed by atoms with van der Waals surface area (Å²) in [6, 6.07) is 7.47. The molecule has 0 aliphatic carbocycles. The lowest BCUT2D eigenvalue weighted by Crippen LogP contribution is -2.12. The van der Waals surface area contributed by atoms with E-state index in [2.05, 4.69) is 15.2 Å². The summed E-state index contributed by atoms with van der Waals surface area (Å²) in [6.45, 7) is 1.66. The lowest BCUT2D eigenvalue weighted by atomic mass is 9.95. The first-order valence-electron chi connectivity index (χ1n) is 7.34. The molecule has 1 aromatic heterocycles. The fraction of sp³-hybridized carbons (Fsp3) is 0.176. The van der Waals surface area contributed by atoms with E-state index in [4.69, 9.17) is 0 Å². The molecule has 2 aromatic carbocycles. The van der Waals surface area contributed by atoms with E-state index >= 15 is 0 Å². The van der Waals surface area contributed by atoms with E-state index in [9.17, 15) is 26.3 Å². The highest BCUT2D eigenvalue weighted by Crippen LogP contribution is 2.41. The molecule has 0 saturated carbocycles. The Morgan fingerprint density at radius 2 is 1.54 bits per heavy atom. The van der Waals surface area contributed by atoms with Crippen molar-refractivity contribution in [2.24, 2.45) is 0 Å². The van der Waals surface area contributed by atoms with Crippen molar-refractivity contribution in [3.05, 3.63) is 59.4 Å². The highest BCUT2D eigenvalue weighted by atomic mass is 19.4. The molecule has 0 atom stereocenters. The van der Waals surface area contributed by atoms with Gasteiger partial charge in [0.15, 0.2) is 5.82 Å². The van der Waals surface area contributed by atoms with Gasteiger partial charge in [-0.3, -0.25) is 5.10 Å². The van der Waals surface area contributed by atoms with Gasteiger partial charge in [0.1, 0.15) is 5.82 Å². The third kappa shape index (κ3) is 3.56. The molecule has 26 heavy (non-hydrogen) atoms. The Labute approximate surface area is 143 Å². The molecule has 0 unspecified atom stereocenters. The maximum atomic E-state index is 13.3. The number of aromatic nitrogens is 3. The molecule has 0 aliphatic rings. The van der Waals surface area contributed by atoms with Gasteiger partial charge >= 0.3 is 12.4 Å². The molecule has 0 bridgehead atoms. The van der Waals surface area contributed by atoms with E-state index < -0.39 is 23.5 Å². The minimum absolute atomic E-state index is 0.117. The average Bonchev–Trinajstić information content (AvgIpc) is 2.99. The van der Waals surface area contributed by atoms with E-state index in [-0.39, 0.29) is 23.0 Å². The number of hydrogen-bond donors (Lipinski definition) is 1. The first-order valence-corrected chi connectivity index (χ1v) is 7.34. The van der Waals surface area contributed by atoms with Crippen LogP contribution in [0.2, 0.25) is 0 Å². The van der Waals surface area contributed by atoms with Crippen molar-refractivity contribution >= 4 is 0 Å². The zero-order valence-corrected chi connectivity index (χ0v) is 13.2. The number of aryl methyl sites for hydroxylation is 1. The molecule has 0 radical (unpaired) electrons. The number of H-pyrrole nitrogens is 1. The molecule has 0 saturated heterocycles. The predicted molar refractivity (Wildman–Crippen MR) is 82.0 cm³/mol. The highest BCUT2D eigenvalue weighted by molar-refractivity contribution is 5.73. The molecule has 0 aliphatic heterocycles. The number of nitrogens with one attached hydrogen (secondary N) is 1. The van der Waals surface area contributed by atoms with Crippen LogP contribution in [0.5, 0.6) is 0 Å². The molecular weight excluding hydrogens is 360 g/mol. The topological polar surface area (TPSA) is 41.6 Å². The third-order valence-electron chi connectivity index (χ3n) is 3.68.